The summed E-state index contributed by atoms with van der Waals surface area (Å²) in [6.45, 7) is 4.85. The van der Waals surface area contributed by atoms with Crippen LogP contribution < -0.4 is 0 Å². The smallest absolute Gasteiger partial charge is 0.288 e. The maximum atomic E-state index is 4.85. The Morgan fingerprint density at radius 1 is 0.875 bits per heavy atom. The zero-order valence-electron chi connectivity index (χ0n) is 4.03. The van der Waals surface area contributed by atoms with Gasteiger partial charge >= 0.3 is 0 Å². The molecule has 3 nitrogen and oxygen atoms in total. The fourth-order valence-corrected chi connectivity index (χ4v) is 0.0833. The standard InChI is InChI=1S/C5H4O3/c1-5(6-2,7-3)8-4/h1-4H. The van der Waals surface area contributed by atoms with Crippen molar-refractivity contribution in [3.05, 3.63) is 28.3 Å². The second-order valence-electron chi connectivity index (χ2n) is 0.957. The highest BCUT2D eigenvalue weighted by Gasteiger charge is 2.22. The molecule has 0 aromatic heterocycles. The molecular formula is C5H4O3. The van der Waals surface area contributed by atoms with Crippen LogP contribution in [0.4, 0.5) is 0 Å². The molecule has 0 aliphatic carbocycles. The normalized spacial score (nSPS) is 12.0. The first-order valence-electron chi connectivity index (χ1n) is 1.61. The quantitative estimate of drug-likeness (QED) is 0.495. The van der Waals surface area contributed by atoms with Crippen molar-refractivity contribution in [2.24, 2.45) is 0 Å². The van der Waals surface area contributed by atoms with Crippen LogP contribution in [-0.2, 0) is 14.2 Å². The van der Waals surface area contributed by atoms with Crippen LogP contribution in [0.15, 0.2) is 0 Å². The SMILES string of the molecule is [CH]OC([CH])(O[CH])O[CH]. The molecule has 0 saturated heterocycles. The van der Waals surface area contributed by atoms with Gasteiger partial charge in [0.25, 0.3) is 5.97 Å². The molecule has 0 heterocycles. The number of ether oxygens (including phenoxy) is 3. The molecule has 3 heteroatoms. The van der Waals surface area contributed by atoms with Gasteiger partial charge in [0.1, 0.15) is 21.3 Å². The molecule has 0 amide bonds. The highest BCUT2D eigenvalue weighted by atomic mass is 16.9. The highest BCUT2D eigenvalue weighted by molar-refractivity contribution is 4.58. The van der Waals surface area contributed by atoms with Gasteiger partial charge in [-0.15, -0.1) is 0 Å². The summed E-state index contributed by atoms with van der Waals surface area (Å²) >= 11 is 0. The Hall–Kier alpha value is -0.120. The monoisotopic (exact) mass is 112 g/mol. The van der Waals surface area contributed by atoms with Gasteiger partial charge < -0.3 is 14.2 Å². The van der Waals surface area contributed by atoms with E-state index < -0.39 is 5.97 Å². The third-order valence-corrected chi connectivity index (χ3v) is 0.493. The van der Waals surface area contributed by atoms with E-state index in [1.807, 2.05) is 0 Å². The lowest BCUT2D eigenvalue weighted by atomic mass is 10.6. The van der Waals surface area contributed by atoms with Crippen LogP contribution in [0.25, 0.3) is 0 Å². The van der Waals surface area contributed by atoms with Crippen molar-refractivity contribution in [3.8, 4) is 0 Å². The van der Waals surface area contributed by atoms with Gasteiger partial charge in [-0.3, -0.25) is 0 Å². The van der Waals surface area contributed by atoms with Gasteiger partial charge in [0.15, 0.2) is 0 Å². The van der Waals surface area contributed by atoms with Crippen molar-refractivity contribution in [2.45, 2.75) is 5.97 Å². The van der Waals surface area contributed by atoms with E-state index in [4.69, 9.17) is 6.92 Å². The van der Waals surface area contributed by atoms with E-state index in [0.717, 1.165) is 0 Å². The zero-order chi connectivity index (χ0) is 6.62. The molecular weight excluding hydrogens is 108 g/mol. The predicted octanol–water partition coefficient (Wildman–Crippen LogP) is 0.407. The fraction of sp³-hybridized carbons (Fsp3) is 0.200. The summed E-state index contributed by atoms with van der Waals surface area (Å²) in [5, 5.41) is 0. The molecule has 0 saturated carbocycles. The summed E-state index contributed by atoms with van der Waals surface area (Å²) < 4.78 is 11.5. The van der Waals surface area contributed by atoms with Crippen LogP contribution in [0.1, 0.15) is 0 Å². The van der Waals surface area contributed by atoms with Gasteiger partial charge in [-0.25, -0.2) is 0 Å². The molecule has 0 aromatic carbocycles. The van der Waals surface area contributed by atoms with Crippen molar-refractivity contribution in [2.75, 3.05) is 0 Å². The van der Waals surface area contributed by atoms with E-state index in [-0.39, 0.29) is 0 Å². The fourth-order valence-electron chi connectivity index (χ4n) is 0.0833. The summed E-state index contributed by atoms with van der Waals surface area (Å²) in [5.74, 6) is -2.04. The minimum atomic E-state index is -2.04. The van der Waals surface area contributed by atoms with Crippen LogP contribution in [0, 0.1) is 28.3 Å². The van der Waals surface area contributed by atoms with E-state index in [0.29, 0.717) is 0 Å². The van der Waals surface area contributed by atoms with Crippen molar-refractivity contribution in [3.63, 3.8) is 0 Å². The Kier molecular flexibility index (Phi) is 2.97. The Balaban J connectivity index is 3.58. The highest BCUT2D eigenvalue weighted by Crippen LogP contribution is 2.10. The van der Waals surface area contributed by atoms with Crippen LogP contribution in [-0.4, -0.2) is 5.97 Å². The topological polar surface area (TPSA) is 27.7 Å². The predicted molar refractivity (Wildman–Crippen MR) is 23.2 cm³/mol. The van der Waals surface area contributed by atoms with Gasteiger partial charge in [0, 0.05) is 0 Å². The lowest BCUT2D eigenvalue weighted by Gasteiger charge is -2.21. The van der Waals surface area contributed by atoms with Gasteiger partial charge in [-0.2, -0.15) is 0 Å². The molecule has 0 bridgehead atoms. The summed E-state index contributed by atoms with van der Waals surface area (Å²) in [6.07, 6.45) is 0. The second-order valence-corrected chi connectivity index (χ2v) is 0.957. The molecule has 0 unspecified atom stereocenters. The first-order chi connectivity index (χ1) is 3.68. The zero-order valence-corrected chi connectivity index (χ0v) is 4.03. The molecule has 0 rings (SSSR count). The minimum Gasteiger partial charge on any atom is -0.318 e. The number of hydrogen-bond donors (Lipinski definition) is 0. The molecule has 8 heavy (non-hydrogen) atoms. The van der Waals surface area contributed by atoms with Gasteiger partial charge in [-0.1, -0.05) is 0 Å². The maximum absolute atomic E-state index is 4.85. The third-order valence-electron chi connectivity index (χ3n) is 0.493. The number of rotatable bonds is 3. The largest absolute Gasteiger partial charge is 0.318 e. The molecule has 8 radical (unpaired) electrons. The molecule has 0 aliphatic heterocycles. The Morgan fingerprint density at radius 3 is 1.12 bits per heavy atom. The van der Waals surface area contributed by atoms with Crippen LogP contribution in [0.3, 0.4) is 0 Å². The maximum Gasteiger partial charge on any atom is 0.288 e. The Bertz CT molecular complexity index is 50.4. The minimum absolute atomic E-state index is 2.04. The van der Waals surface area contributed by atoms with Gasteiger partial charge in [-0.05, 0) is 0 Å². The van der Waals surface area contributed by atoms with E-state index in [1.165, 1.54) is 0 Å². The van der Waals surface area contributed by atoms with Crippen LogP contribution >= 0.6 is 0 Å². The first kappa shape index (κ1) is 7.88. The Morgan fingerprint density at radius 2 is 1.12 bits per heavy atom. The first-order valence-corrected chi connectivity index (χ1v) is 1.61. The van der Waals surface area contributed by atoms with Crippen LogP contribution in [0.2, 0.25) is 0 Å². The molecule has 0 N–H and O–H groups in total. The Labute approximate surface area is 49.5 Å². The summed E-state index contributed by atoms with van der Waals surface area (Å²) in [5.41, 5.74) is 0. The van der Waals surface area contributed by atoms with E-state index in [1.54, 1.807) is 0 Å². The molecule has 0 aromatic rings. The average molecular weight is 112 g/mol. The second kappa shape index (κ2) is 3.02. The molecule has 0 spiro atoms. The van der Waals surface area contributed by atoms with Gasteiger partial charge in [0.2, 0.25) is 0 Å². The lowest BCUT2D eigenvalue weighted by molar-refractivity contribution is -0.291. The summed E-state index contributed by atoms with van der Waals surface area (Å²) in [4.78, 5) is 0. The van der Waals surface area contributed by atoms with Crippen molar-refractivity contribution < 1.29 is 14.2 Å². The average Bonchev–Trinajstić information content (AvgIpc) is 1.87. The molecule has 42 valence electrons. The molecule has 0 atom stereocenters. The lowest BCUT2D eigenvalue weighted by Crippen LogP contribution is -2.29. The van der Waals surface area contributed by atoms with E-state index in [2.05, 4.69) is 35.5 Å². The van der Waals surface area contributed by atoms with Crippen molar-refractivity contribution in [1.82, 2.24) is 0 Å². The van der Waals surface area contributed by atoms with Crippen LogP contribution in [0.5, 0.6) is 0 Å². The number of hydrogen-bond acceptors (Lipinski definition) is 3. The van der Waals surface area contributed by atoms with Gasteiger partial charge in [0.05, 0.1) is 6.92 Å². The van der Waals surface area contributed by atoms with E-state index in [9.17, 15) is 0 Å². The molecule has 0 aliphatic rings. The molecule has 0 fully saturated rings. The summed E-state index contributed by atoms with van der Waals surface area (Å²) in [6, 6.07) is 0. The van der Waals surface area contributed by atoms with Crippen molar-refractivity contribution >= 4 is 0 Å². The summed E-state index contributed by atoms with van der Waals surface area (Å²) in [7, 11) is 13.5. The van der Waals surface area contributed by atoms with E-state index >= 15 is 0 Å². The third kappa shape index (κ3) is 1.78. The van der Waals surface area contributed by atoms with Crippen molar-refractivity contribution in [1.29, 1.82) is 0 Å².